The van der Waals surface area contributed by atoms with Gasteiger partial charge in [-0.3, -0.25) is 4.79 Å². The van der Waals surface area contributed by atoms with Gasteiger partial charge in [0.15, 0.2) is 17.3 Å². The zero-order valence-corrected chi connectivity index (χ0v) is 17.7. The minimum Gasteiger partial charge on any atom is -0.507 e. The van der Waals surface area contributed by atoms with Gasteiger partial charge in [0.25, 0.3) is 0 Å². The van der Waals surface area contributed by atoms with E-state index >= 15 is 0 Å². The zero-order valence-electron chi connectivity index (χ0n) is 17.7. The monoisotopic (exact) mass is 429 g/mol. The van der Waals surface area contributed by atoms with Crippen LogP contribution in [0.4, 0.5) is 0 Å². The van der Waals surface area contributed by atoms with Crippen molar-refractivity contribution in [1.29, 1.82) is 0 Å². The van der Waals surface area contributed by atoms with Gasteiger partial charge in [-0.15, -0.1) is 0 Å². The topological polar surface area (TPSA) is 81.8 Å². The zero-order chi connectivity index (χ0) is 22.3. The van der Waals surface area contributed by atoms with Gasteiger partial charge in [-0.05, 0) is 35.9 Å². The summed E-state index contributed by atoms with van der Waals surface area (Å²) in [5.41, 5.74) is 2.76. The summed E-state index contributed by atoms with van der Waals surface area (Å²) in [4.78, 5) is 16.9. The third-order valence-corrected chi connectivity index (χ3v) is 5.01. The first-order valence-electron chi connectivity index (χ1n) is 10.2. The van der Waals surface area contributed by atoms with Crippen LogP contribution in [0, 0.1) is 0 Å². The Balaban J connectivity index is 1.45. The standard InChI is InChI=1S/C26H23NO5/c1-30-24-14-11-19(15-25(24)31-16-18-7-3-2-4-8-18)26-27-20(17-32-26)12-13-23(29)21-9-5-6-10-22(21)28/h2-11,14-15,17,28H,12-13,16H2,1H3. The molecule has 0 saturated carbocycles. The van der Waals surface area contributed by atoms with Crippen molar-refractivity contribution < 1.29 is 23.8 Å². The summed E-state index contributed by atoms with van der Waals surface area (Å²) in [5.74, 6) is 1.48. The number of phenolic OH excluding ortho intramolecular Hbond substituents is 1. The Labute approximate surface area is 186 Å². The molecule has 0 aliphatic rings. The Hall–Kier alpha value is -4.06. The number of Topliss-reactive ketones (excluding diaryl/α,β-unsaturated/α-hetero) is 1. The Kier molecular flexibility index (Phi) is 6.51. The van der Waals surface area contributed by atoms with Crippen LogP contribution >= 0.6 is 0 Å². The average Bonchev–Trinajstić information content (AvgIpc) is 3.31. The molecule has 6 nitrogen and oxygen atoms in total. The largest absolute Gasteiger partial charge is 0.507 e. The van der Waals surface area contributed by atoms with Crippen LogP contribution in [0.5, 0.6) is 17.2 Å². The van der Waals surface area contributed by atoms with Crippen LogP contribution in [-0.4, -0.2) is 23.0 Å². The number of para-hydroxylation sites is 1. The third-order valence-electron chi connectivity index (χ3n) is 5.01. The molecule has 4 rings (SSSR count). The summed E-state index contributed by atoms with van der Waals surface area (Å²) in [6.45, 7) is 0.409. The van der Waals surface area contributed by atoms with Gasteiger partial charge in [0.1, 0.15) is 18.6 Å². The van der Waals surface area contributed by atoms with Gasteiger partial charge in [-0.1, -0.05) is 42.5 Å². The number of nitrogens with zero attached hydrogens (tertiary/aromatic N) is 1. The summed E-state index contributed by atoms with van der Waals surface area (Å²) in [5, 5.41) is 9.84. The molecule has 0 amide bonds. The van der Waals surface area contributed by atoms with Crippen molar-refractivity contribution in [2.75, 3.05) is 7.11 Å². The minimum atomic E-state index is -0.145. The van der Waals surface area contributed by atoms with E-state index in [-0.39, 0.29) is 18.0 Å². The molecule has 1 heterocycles. The number of carbonyl (C=O) groups is 1. The van der Waals surface area contributed by atoms with E-state index in [1.807, 2.05) is 42.5 Å². The molecule has 0 atom stereocenters. The fourth-order valence-corrected chi connectivity index (χ4v) is 3.30. The van der Waals surface area contributed by atoms with E-state index in [0.717, 1.165) is 11.1 Å². The fourth-order valence-electron chi connectivity index (χ4n) is 3.30. The van der Waals surface area contributed by atoms with Gasteiger partial charge in [0.2, 0.25) is 5.89 Å². The SMILES string of the molecule is COc1ccc(-c2nc(CCC(=O)c3ccccc3O)co2)cc1OCc1ccccc1. The van der Waals surface area contributed by atoms with Crippen LogP contribution < -0.4 is 9.47 Å². The number of oxazole rings is 1. The van der Waals surface area contributed by atoms with Crippen LogP contribution in [-0.2, 0) is 13.0 Å². The number of hydrogen-bond acceptors (Lipinski definition) is 6. The predicted molar refractivity (Wildman–Crippen MR) is 120 cm³/mol. The Morgan fingerprint density at radius 2 is 1.78 bits per heavy atom. The van der Waals surface area contributed by atoms with E-state index in [1.165, 1.54) is 6.07 Å². The molecule has 1 N–H and O–H groups in total. The Bertz CT molecular complexity index is 1200. The molecular weight excluding hydrogens is 406 g/mol. The number of phenols is 1. The number of aryl methyl sites for hydroxylation is 1. The van der Waals surface area contributed by atoms with Gasteiger partial charge in [-0.25, -0.2) is 4.98 Å². The molecule has 32 heavy (non-hydrogen) atoms. The molecule has 0 aliphatic carbocycles. The van der Waals surface area contributed by atoms with Crippen molar-refractivity contribution in [2.24, 2.45) is 0 Å². The van der Waals surface area contributed by atoms with E-state index in [2.05, 4.69) is 4.98 Å². The number of carbonyl (C=O) groups excluding carboxylic acids is 1. The van der Waals surface area contributed by atoms with E-state index in [1.54, 1.807) is 37.6 Å². The number of hydrogen-bond donors (Lipinski definition) is 1. The van der Waals surface area contributed by atoms with Gasteiger partial charge in [0.05, 0.1) is 18.4 Å². The van der Waals surface area contributed by atoms with Crippen molar-refractivity contribution in [3.63, 3.8) is 0 Å². The molecule has 6 heteroatoms. The van der Waals surface area contributed by atoms with Gasteiger partial charge in [-0.2, -0.15) is 0 Å². The first-order valence-corrected chi connectivity index (χ1v) is 10.2. The number of ether oxygens (including phenoxy) is 2. The maximum absolute atomic E-state index is 12.4. The maximum atomic E-state index is 12.4. The summed E-state index contributed by atoms with van der Waals surface area (Å²) >= 11 is 0. The molecule has 3 aromatic carbocycles. The summed E-state index contributed by atoms with van der Waals surface area (Å²) in [6, 6.07) is 21.9. The molecule has 0 spiro atoms. The molecule has 1 aromatic heterocycles. The Morgan fingerprint density at radius 3 is 2.56 bits per heavy atom. The number of benzene rings is 3. The lowest BCUT2D eigenvalue weighted by atomic mass is 10.0. The number of methoxy groups -OCH3 is 1. The maximum Gasteiger partial charge on any atom is 0.226 e. The lowest BCUT2D eigenvalue weighted by Crippen LogP contribution is -2.01. The van der Waals surface area contributed by atoms with E-state index in [9.17, 15) is 9.90 Å². The van der Waals surface area contributed by atoms with Crippen molar-refractivity contribution >= 4 is 5.78 Å². The smallest absolute Gasteiger partial charge is 0.226 e. The second kappa shape index (κ2) is 9.83. The summed E-state index contributed by atoms with van der Waals surface area (Å²) in [7, 11) is 1.59. The van der Waals surface area contributed by atoms with Gasteiger partial charge >= 0.3 is 0 Å². The normalized spacial score (nSPS) is 10.7. The second-order valence-corrected chi connectivity index (χ2v) is 7.22. The average molecular weight is 429 g/mol. The lowest BCUT2D eigenvalue weighted by molar-refractivity contribution is 0.0980. The third kappa shape index (κ3) is 4.98. The predicted octanol–water partition coefficient (Wildman–Crippen LogP) is 5.45. The van der Waals surface area contributed by atoms with E-state index in [0.29, 0.717) is 41.7 Å². The Morgan fingerprint density at radius 1 is 1.00 bits per heavy atom. The molecular formula is C26H23NO5. The van der Waals surface area contributed by atoms with E-state index < -0.39 is 0 Å². The van der Waals surface area contributed by atoms with Crippen LogP contribution in [0.15, 0.2) is 83.5 Å². The highest BCUT2D eigenvalue weighted by Gasteiger charge is 2.14. The van der Waals surface area contributed by atoms with Gasteiger partial charge in [0, 0.05) is 18.4 Å². The molecule has 0 bridgehead atoms. The molecule has 0 fully saturated rings. The van der Waals surface area contributed by atoms with Crippen LogP contribution in [0.3, 0.4) is 0 Å². The van der Waals surface area contributed by atoms with Crippen molar-refractivity contribution in [3.8, 4) is 28.7 Å². The molecule has 0 unspecified atom stereocenters. The summed E-state index contributed by atoms with van der Waals surface area (Å²) in [6.07, 6.45) is 2.17. The lowest BCUT2D eigenvalue weighted by Gasteiger charge is -2.11. The van der Waals surface area contributed by atoms with Crippen molar-refractivity contribution in [2.45, 2.75) is 19.4 Å². The molecule has 0 aliphatic heterocycles. The number of ketones is 1. The molecule has 0 saturated heterocycles. The van der Waals surface area contributed by atoms with Crippen LogP contribution in [0.1, 0.15) is 28.0 Å². The second-order valence-electron chi connectivity index (χ2n) is 7.22. The first kappa shape index (κ1) is 21.2. The molecule has 162 valence electrons. The van der Waals surface area contributed by atoms with Crippen LogP contribution in [0.25, 0.3) is 11.5 Å². The quantitative estimate of drug-likeness (QED) is 0.356. The highest BCUT2D eigenvalue weighted by Crippen LogP contribution is 2.33. The van der Waals surface area contributed by atoms with E-state index in [4.69, 9.17) is 13.9 Å². The summed E-state index contributed by atoms with van der Waals surface area (Å²) < 4.78 is 17.0. The molecule has 0 radical (unpaired) electrons. The fraction of sp³-hybridized carbons (Fsp3) is 0.154. The van der Waals surface area contributed by atoms with Gasteiger partial charge < -0.3 is 19.0 Å². The highest BCUT2D eigenvalue weighted by atomic mass is 16.5. The first-order chi connectivity index (χ1) is 15.6. The minimum absolute atomic E-state index is 0.0143. The number of aromatic nitrogens is 1. The van der Waals surface area contributed by atoms with Crippen molar-refractivity contribution in [3.05, 3.63) is 95.9 Å². The molecule has 4 aromatic rings. The number of aromatic hydroxyl groups is 1. The number of rotatable bonds is 9. The van der Waals surface area contributed by atoms with Crippen LogP contribution in [0.2, 0.25) is 0 Å². The highest BCUT2D eigenvalue weighted by molar-refractivity contribution is 5.98. The van der Waals surface area contributed by atoms with Crippen molar-refractivity contribution in [1.82, 2.24) is 4.98 Å².